The lowest BCUT2D eigenvalue weighted by Gasteiger charge is -2.16. The molecule has 0 aliphatic carbocycles. The largest absolute Gasteiger partial charge is 0.394 e. The predicted octanol–water partition coefficient (Wildman–Crippen LogP) is 2.99. The Morgan fingerprint density at radius 3 is 2.37 bits per heavy atom. The maximum absolute atomic E-state index is 13.0. The molecule has 7 heteroatoms. The topological polar surface area (TPSA) is 92.8 Å². The van der Waals surface area contributed by atoms with Crippen molar-refractivity contribution in [3.8, 4) is 22.5 Å². The van der Waals surface area contributed by atoms with Crippen LogP contribution in [-0.4, -0.2) is 39.0 Å². The number of H-pyrrole nitrogens is 1. The summed E-state index contributed by atoms with van der Waals surface area (Å²) in [6.07, 6.45) is 0. The van der Waals surface area contributed by atoms with Crippen molar-refractivity contribution >= 4 is 5.69 Å². The van der Waals surface area contributed by atoms with E-state index >= 15 is 0 Å². The highest BCUT2D eigenvalue weighted by atomic mass is 16.1. The summed E-state index contributed by atoms with van der Waals surface area (Å²) in [6, 6.07) is 21.5. The van der Waals surface area contributed by atoms with Gasteiger partial charge in [-0.25, -0.2) is 4.68 Å². The number of aromatic nitrogens is 4. The molecule has 30 heavy (non-hydrogen) atoms. The second-order valence-electron chi connectivity index (χ2n) is 7.45. The molecule has 7 nitrogen and oxygen atoms in total. The quantitative estimate of drug-likeness (QED) is 0.519. The molecule has 0 aliphatic rings. The van der Waals surface area contributed by atoms with Gasteiger partial charge in [-0.3, -0.25) is 9.89 Å². The lowest BCUT2D eigenvalue weighted by atomic mass is 10.1. The Balaban J connectivity index is 1.80. The standard InChI is InChI=1S/C23H24N6O/c1-28(2)15-20-21(19-13-18(25-26-19)17-11-7-4-8-12-17)22(24)23(30)29(27-20)14-16-9-5-3-6-10-16/h3-13H,14-15,24H2,1-2H3,(H,25,26). The third-order valence-corrected chi connectivity index (χ3v) is 4.82. The van der Waals surface area contributed by atoms with Crippen molar-refractivity contribution in [3.05, 3.63) is 88.3 Å². The van der Waals surface area contributed by atoms with E-state index in [2.05, 4.69) is 15.3 Å². The number of nitrogens with zero attached hydrogens (tertiary/aromatic N) is 4. The van der Waals surface area contributed by atoms with Crippen molar-refractivity contribution in [1.82, 2.24) is 24.9 Å². The van der Waals surface area contributed by atoms with Crippen molar-refractivity contribution in [2.24, 2.45) is 0 Å². The zero-order chi connectivity index (χ0) is 21.1. The zero-order valence-electron chi connectivity index (χ0n) is 17.0. The molecule has 152 valence electrons. The molecule has 0 fully saturated rings. The van der Waals surface area contributed by atoms with Crippen LogP contribution < -0.4 is 11.3 Å². The van der Waals surface area contributed by atoms with Gasteiger partial charge in [0.25, 0.3) is 5.56 Å². The highest BCUT2D eigenvalue weighted by Crippen LogP contribution is 2.29. The van der Waals surface area contributed by atoms with Gasteiger partial charge in [-0.15, -0.1) is 0 Å². The van der Waals surface area contributed by atoms with E-state index in [0.717, 1.165) is 22.5 Å². The van der Waals surface area contributed by atoms with Gasteiger partial charge in [0.1, 0.15) is 5.69 Å². The molecule has 4 aromatic rings. The van der Waals surface area contributed by atoms with Crippen molar-refractivity contribution in [2.45, 2.75) is 13.1 Å². The van der Waals surface area contributed by atoms with Crippen LogP contribution in [0.3, 0.4) is 0 Å². The molecule has 0 aliphatic heterocycles. The van der Waals surface area contributed by atoms with Gasteiger partial charge in [0.2, 0.25) is 0 Å². The van der Waals surface area contributed by atoms with Crippen LogP contribution in [0.1, 0.15) is 11.3 Å². The number of nitrogens with one attached hydrogen (secondary N) is 1. The fourth-order valence-electron chi connectivity index (χ4n) is 3.42. The Labute approximate surface area is 174 Å². The summed E-state index contributed by atoms with van der Waals surface area (Å²) < 4.78 is 1.43. The average Bonchev–Trinajstić information content (AvgIpc) is 3.22. The predicted molar refractivity (Wildman–Crippen MR) is 119 cm³/mol. The monoisotopic (exact) mass is 400 g/mol. The van der Waals surface area contributed by atoms with E-state index in [9.17, 15) is 4.79 Å². The summed E-state index contributed by atoms with van der Waals surface area (Å²) in [5.74, 6) is 0. The molecule has 0 bridgehead atoms. The number of aromatic amines is 1. The maximum Gasteiger partial charge on any atom is 0.290 e. The van der Waals surface area contributed by atoms with Crippen LogP contribution >= 0.6 is 0 Å². The van der Waals surface area contributed by atoms with E-state index in [1.165, 1.54) is 4.68 Å². The fourth-order valence-corrected chi connectivity index (χ4v) is 3.42. The number of benzene rings is 2. The zero-order valence-corrected chi connectivity index (χ0v) is 17.0. The number of rotatable bonds is 6. The first-order chi connectivity index (χ1) is 14.5. The van der Waals surface area contributed by atoms with E-state index in [0.29, 0.717) is 24.3 Å². The van der Waals surface area contributed by atoms with E-state index in [-0.39, 0.29) is 11.2 Å². The molecule has 0 unspecified atom stereocenters. The molecular formula is C23H24N6O. The first-order valence-electron chi connectivity index (χ1n) is 9.72. The maximum atomic E-state index is 13.0. The Morgan fingerprint density at radius 2 is 1.70 bits per heavy atom. The van der Waals surface area contributed by atoms with Crippen molar-refractivity contribution in [1.29, 1.82) is 0 Å². The van der Waals surface area contributed by atoms with Gasteiger partial charge in [0, 0.05) is 12.1 Å². The smallest absolute Gasteiger partial charge is 0.290 e. The van der Waals surface area contributed by atoms with E-state index in [4.69, 9.17) is 5.73 Å². The summed E-state index contributed by atoms with van der Waals surface area (Å²) in [5.41, 5.74) is 11.0. The molecule has 0 saturated heterocycles. The number of hydrogen-bond donors (Lipinski definition) is 2. The molecule has 2 aromatic carbocycles. The van der Waals surface area contributed by atoms with Crippen LogP contribution in [0.25, 0.3) is 22.5 Å². The molecule has 2 aromatic heterocycles. The van der Waals surface area contributed by atoms with Crippen molar-refractivity contribution in [3.63, 3.8) is 0 Å². The Hall–Kier alpha value is -3.71. The van der Waals surface area contributed by atoms with Gasteiger partial charge in [-0.1, -0.05) is 60.7 Å². The van der Waals surface area contributed by atoms with E-state index in [1.807, 2.05) is 85.7 Å². The van der Waals surface area contributed by atoms with E-state index in [1.54, 1.807) is 0 Å². The van der Waals surface area contributed by atoms with Gasteiger partial charge in [0.15, 0.2) is 0 Å². The Morgan fingerprint density at radius 1 is 1.03 bits per heavy atom. The van der Waals surface area contributed by atoms with Gasteiger partial charge in [0.05, 0.1) is 29.2 Å². The lowest BCUT2D eigenvalue weighted by Crippen LogP contribution is -2.29. The summed E-state index contributed by atoms with van der Waals surface area (Å²) in [5, 5.41) is 12.1. The van der Waals surface area contributed by atoms with Gasteiger partial charge < -0.3 is 10.6 Å². The Bertz CT molecular complexity index is 1200. The van der Waals surface area contributed by atoms with Crippen LogP contribution in [0, 0.1) is 0 Å². The number of nitrogens with two attached hydrogens (primary N) is 1. The molecule has 0 radical (unpaired) electrons. The number of anilines is 1. The average molecular weight is 400 g/mol. The SMILES string of the molecule is CN(C)Cc1nn(Cc2ccccc2)c(=O)c(N)c1-c1cc(-c2ccccc2)n[nH]1. The molecule has 0 amide bonds. The minimum Gasteiger partial charge on any atom is -0.394 e. The van der Waals surface area contributed by atoms with Crippen LogP contribution in [0.2, 0.25) is 0 Å². The van der Waals surface area contributed by atoms with Crippen molar-refractivity contribution < 1.29 is 0 Å². The van der Waals surface area contributed by atoms with Crippen LogP contribution in [0.4, 0.5) is 5.69 Å². The second-order valence-corrected chi connectivity index (χ2v) is 7.45. The molecule has 2 heterocycles. The normalized spacial score (nSPS) is 11.2. The van der Waals surface area contributed by atoms with Crippen LogP contribution in [-0.2, 0) is 13.1 Å². The Kier molecular flexibility index (Phi) is 5.45. The van der Waals surface area contributed by atoms with Gasteiger partial charge in [-0.05, 0) is 25.7 Å². The van der Waals surface area contributed by atoms with Crippen LogP contribution in [0.5, 0.6) is 0 Å². The van der Waals surface area contributed by atoms with Crippen LogP contribution in [0.15, 0.2) is 71.5 Å². The summed E-state index contributed by atoms with van der Waals surface area (Å²) in [4.78, 5) is 15.0. The molecule has 3 N–H and O–H groups in total. The molecule has 0 spiro atoms. The summed E-state index contributed by atoms with van der Waals surface area (Å²) in [7, 11) is 3.91. The third kappa shape index (κ3) is 4.01. The minimum absolute atomic E-state index is 0.168. The first-order valence-corrected chi connectivity index (χ1v) is 9.72. The third-order valence-electron chi connectivity index (χ3n) is 4.82. The van der Waals surface area contributed by atoms with Crippen molar-refractivity contribution in [2.75, 3.05) is 19.8 Å². The van der Waals surface area contributed by atoms with E-state index < -0.39 is 0 Å². The molecule has 0 atom stereocenters. The second kappa shape index (κ2) is 8.34. The summed E-state index contributed by atoms with van der Waals surface area (Å²) in [6.45, 7) is 0.900. The van der Waals surface area contributed by atoms with Gasteiger partial charge in [-0.2, -0.15) is 10.2 Å². The molecule has 0 saturated carbocycles. The summed E-state index contributed by atoms with van der Waals surface area (Å²) >= 11 is 0. The fraction of sp³-hybridized carbons (Fsp3) is 0.174. The minimum atomic E-state index is -0.313. The lowest BCUT2D eigenvalue weighted by molar-refractivity contribution is 0.390. The number of nitrogen functional groups attached to an aromatic ring is 1. The first kappa shape index (κ1) is 19.6. The highest BCUT2D eigenvalue weighted by molar-refractivity contribution is 5.77. The van der Waals surface area contributed by atoms with Gasteiger partial charge >= 0.3 is 0 Å². The molecular weight excluding hydrogens is 376 g/mol. The number of hydrogen-bond acceptors (Lipinski definition) is 5. The highest BCUT2D eigenvalue weighted by Gasteiger charge is 2.20. The molecule has 4 rings (SSSR count).